The third-order valence-electron chi connectivity index (χ3n) is 12.9. The molecule has 4 aliphatic carbocycles. The Labute approximate surface area is 320 Å². The number of rotatable bonds is 7. The standard InChI is InChI=1S/C50H47N3Si/c1-54(2,3)46-26-25-43(44-11-7-8-12-45(44)46)38-17-13-36(14-18-38)37-15-19-40(20-16-37)48-51-47(39-9-5-4-6-10-39)52-49(53-48)41-21-23-42(24-22-41)50-30-33-27-34(31-50)29-35(28-33)32-50/h4-26,33-35H,27-32H2,1-3H3. The molecule has 0 atom stereocenters. The summed E-state index contributed by atoms with van der Waals surface area (Å²) in [6.45, 7) is 7.28. The molecule has 0 N–H and O–H groups in total. The molecule has 3 nitrogen and oxygen atoms in total. The molecule has 4 saturated carbocycles. The van der Waals surface area contributed by atoms with Gasteiger partial charge in [-0.1, -0.05) is 164 Å². The second-order valence-electron chi connectivity index (χ2n) is 17.6. The van der Waals surface area contributed by atoms with E-state index in [1.54, 1.807) is 0 Å². The zero-order valence-corrected chi connectivity index (χ0v) is 32.6. The van der Waals surface area contributed by atoms with Gasteiger partial charge in [-0.3, -0.25) is 0 Å². The summed E-state index contributed by atoms with van der Waals surface area (Å²) in [5.74, 6) is 4.91. The Kier molecular flexibility index (Phi) is 8.03. The SMILES string of the molecule is C[Si](C)(C)c1ccc(-c2ccc(-c3ccc(-c4nc(-c5ccccc5)nc(-c5ccc(C67CC8CC(CC(C8)C6)C7)cc5)n4)cc3)cc2)c2ccccc12. The number of fused-ring (bicyclic) bond motifs is 1. The van der Waals surface area contributed by atoms with E-state index in [-0.39, 0.29) is 0 Å². The second kappa shape index (κ2) is 13.0. The van der Waals surface area contributed by atoms with Crippen molar-refractivity contribution in [3.8, 4) is 56.4 Å². The minimum atomic E-state index is -1.47. The van der Waals surface area contributed by atoms with Gasteiger partial charge >= 0.3 is 0 Å². The van der Waals surface area contributed by atoms with E-state index in [0.29, 0.717) is 17.1 Å². The third kappa shape index (κ3) is 6.01. The zero-order valence-electron chi connectivity index (χ0n) is 31.6. The molecular formula is C50H47N3Si. The van der Waals surface area contributed by atoms with Gasteiger partial charge in [-0.05, 0) is 100 Å². The molecule has 0 saturated heterocycles. The van der Waals surface area contributed by atoms with E-state index in [9.17, 15) is 0 Å². The molecule has 4 heteroatoms. The van der Waals surface area contributed by atoms with Crippen LogP contribution in [-0.2, 0) is 5.41 Å². The summed E-state index contributed by atoms with van der Waals surface area (Å²) in [6, 6.07) is 50.9. The lowest BCUT2D eigenvalue weighted by molar-refractivity contribution is -0.00518. The first-order chi connectivity index (χ1) is 26.3. The predicted octanol–water partition coefficient (Wildman–Crippen LogP) is 12.4. The van der Waals surface area contributed by atoms with E-state index < -0.39 is 8.07 Å². The van der Waals surface area contributed by atoms with Crippen LogP contribution >= 0.6 is 0 Å². The van der Waals surface area contributed by atoms with Crippen LogP contribution < -0.4 is 5.19 Å². The van der Waals surface area contributed by atoms with Crippen molar-refractivity contribution >= 4 is 24.0 Å². The lowest BCUT2D eigenvalue weighted by Crippen LogP contribution is -2.48. The number of hydrogen-bond acceptors (Lipinski definition) is 3. The van der Waals surface area contributed by atoms with Crippen LogP contribution in [0.3, 0.4) is 0 Å². The fraction of sp³-hybridized carbons (Fsp3) is 0.260. The highest BCUT2D eigenvalue weighted by Crippen LogP contribution is 2.60. The van der Waals surface area contributed by atoms with Crippen molar-refractivity contribution in [3.63, 3.8) is 0 Å². The molecule has 7 aromatic rings. The molecule has 0 amide bonds. The largest absolute Gasteiger partial charge is 0.208 e. The summed E-state index contributed by atoms with van der Waals surface area (Å²) in [6.07, 6.45) is 8.51. The highest BCUT2D eigenvalue weighted by atomic mass is 28.3. The summed E-state index contributed by atoms with van der Waals surface area (Å²) in [5, 5.41) is 4.24. The summed E-state index contributed by atoms with van der Waals surface area (Å²) in [5.41, 5.74) is 9.81. The van der Waals surface area contributed by atoms with Gasteiger partial charge in [0.15, 0.2) is 17.5 Å². The molecule has 4 bridgehead atoms. The van der Waals surface area contributed by atoms with Crippen LogP contribution in [0.15, 0.2) is 140 Å². The summed E-state index contributed by atoms with van der Waals surface area (Å²) < 4.78 is 0. The van der Waals surface area contributed by atoms with Crippen molar-refractivity contribution in [2.45, 2.75) is 63.6 Å². The minimum Gasteiger partial charge on any atom is -0.208 e. The lowest BCUT2D eigenvalue weighted by atomic mass is 9.48. The van der Waals surface area contributed by atoms with Crippen LogP contribution in [0.1, 0.15) is 44.1 Å². The topological polar surface area (TPSA) is 38.7 Å². The monoisotopic (exact) mass is 717 g/mol. The first-order valence-electron chi connectivity index (χ1n) is 19.9. The maximum absolute atomic E-state index is 5.10. The summed E-state index contributed by atoms with van der Waals surface area (Å²) >= 11 is 0. The molecule has 1 heterocycles. The average molecular weight is 718 g/mol. The number of hydrogen-bond donors (Lipinski definition) is 0. The van der Waals surface area contributed by atoms with Crippen molar-refractivity contribution in [2.24, 2.45) is 17.8 Å². The Morgan fingerprint density at radius 3 is 1.37 bits per heavy atom. The van der Waals surface area contributed by atoms with Gasteiger partial charge < -0.3 is 0 Å². The first kappa shape index (κ1) is 33.4. The highest BCUT2D eigenvalue weighted by Gasteiger charge is 2.51. The van der Waals surface area contributed by atoms with Crippen molar-refractivity contribution in [2.75, 3.05) is 0 Å². The molecule has 4 aliphatic rings. The molecule has 4 fully saturated rings. The minimum absolute atomic E-state index is 0.377. The van der Waals surface area contributed by atoms with Crippen molar-refractivity contribution in [1.82, 2.24) is 15.0 Å². The number of benzene rings is 6. The number of nitrogens with zero attached hydrogens (tertiary/aromatic N) is 3. The van der Waals surface area contributed by atoms with E-state index in [1.807, 2.05) is 18.2 Å². The van der Waals surface area contributed by atoms with Gasteiger partial charge in [-0.2, -0.15) is 0 Å². The molecular weight excluding hydrogens is 671 g/mol. The maximum Gasteiger partial charge on any atom is 0.164 e. The normalized spacial score (nSPS) is 21.8. The average Bonchev–Trinajstić information content (AvgIpc) is 3.20. The summed E-state index contributed by atoms with van der Waals surface area (Å²) in [7, 11) is -1.47. The van der Waals surface area contributed by atoms with Crippen LogP contribution in [0, 0.1) is 17.8 Å². The van der Waals surface area contributed by atoms with Crippen molar-refractivity contribution < 1.29 is 0 Å². The van der Waals surface area contributed by atoms with Gasteiger partial charge in [0.05, 0.1) is 8.07 Å². The Morgan fingerprint density at radius 2 is 0.852 bits per heavy atom. The van der Waals surface area contributed by atoms with Crippen LogP contribution in [0.2, 0.25) is 19.6 Å². The van der Waals surface area contributed by atoms with E-state index in [1.165, 1.54) is 82.3 Å². The molecule has 266 valence electrons. The zero-order chi connectivity index (χ0) is 36.4. The Morgan fingerprint density at radius 1 is 0.426 bits per heavy atom. The molecule has 6 aromatic carbocycles. The van der Waals surface area contributed by atoms with Gasteiger partial charge in [0.25, 0.3) is 0 Å². The van der Waals surface area contributed by atoms with Gasteiger partial charge in [-0.15, -0.1) is 0 Å². The molecule has 11 rings (SSSR count). The lowest BCUT2D eigenvalue weighted by Gasteiger charge is -2.57. The van der Waals surface area contributed by atoms with Gasteiger partial charge in [0.1, 0.15) is 0 Å². The molecule has 0 unspecified atom stereocenters. The molecule has 0 radical (unpaired) electrons. The fourth-order valence-electron chi connectivity index (χ4n) is 10.6. The third-order valence-corrected chi connectivity index (χ3v) is 14.9. The van der Waals surface area contributed by atoms with Crippen LogP contribution in [0.4, 0.5) is 0 Å². The van der Waals surface area contributed by atoms with Gasteiger partial charge in [0, 0.05) is 16.7 Å². The number of aromatic nitrogens is 3. The van der Waals surface area contributed by atoms with Gasteiger partial charge in [0.2, 0.25) is 0 Å². The van der Waals surface area contributed by atoms with Gasteiger partial charge in [-0.25, -0.2) is 15.0 Å². The first-order valence-corrected chi connectivity index (χ1v) is 23.4. The van der Waals surface area contributed by atoms with E-state index in [4.69, 9.17) is 15.0 Å². The highest BCUT2D eigenvalue weighted by molar-refractivity contribution is 6.90. The maximum atomic E-state index is 5.10. The van der Waals surface area contributed by atoms with Crippen LogP contribution in [0.5, 0.6) is 0 Å². The molecule has 54 heavy (non-hydrogen) atoms. The predicted molar refractivity (Wildman–Crippen MR) is 227 cm³/mol. The Bertz CT molecular complexity index is 2440. The van der Waals surface area contributed by atoms with Crippen molar-refractivity contribution in [1.29, 1.82) is 0 Å². The smallest absolute Gasteiger partial charge is 0.164 e. The quantitative estimate of drug-likeness (QED) is 0.154. The molecule has 0 aliphatic heterocycles. The molecule has 0 spiro atoms. The second-order valence-corrected chi connectivity index (χ2v) is 22.6. The fourth-order valence-corrected chi connectivity index (χ4v) is 12.3. The Hall–Kier alpha value is -5.19. The van der Waals surface area contributed by atoms with Crippen LogP contribution in [0.25, 0.3) is 67.2 Å². The van der Waals surface area contributed by atoms with E-state index in [0.717, 1.165) is 40.3 Å². The summed E-state index contributed by atoms with van der Waals surface area (Å²) in [4.78, 5) is 15.1. The van der Waals surface area contributed by atoms with Crippen LogP contribution in [-0.4, -0.2) is 23.0 Å². The van der Waals surface area contributed by atoms with Crippen molar-refractivity contribution in [3.05, 3.63) is 145 Å². The molecule has 1 aromatic heterocycles. The van der Waals surface area contributed by atoms with E-state index in [2.05, 4.69) is 141 Å². The Balaban J connectivity index is 0.949. The van der Waals surface area contributed by atoms with E-state index >= 15 is 0 Å².